The molecule has 1 aliphatic heterocycles. The zero-order valence-corrected chi connectivity index (χ0v) is 19.4. The third-order valence-electron chi connectivity index (χ3n) is 5.42. The SMILES string of the molecule is [B]C([B])([B])C([B])([B])Oc1cccnc1Oc1cncc(-c2ncc(C(=O)NC3CCCNC3)cn2)c1. The Bertz CT molecular complexity index is 1200. The minimum Gasteiger partial charge on any atom is -0.503 e. The molecule has 3 aromatic heterocycles. The summed E-state index contributed by atoms with van der Waals surface area (Å²) in [5.41, 5.74) is 0.911. The summed E-state index contributed by atoms with van der Waals surface area (Å²) >= 11 is 0. The van der Waals surface area contributed by atoms with E-state index in [1.165, 1.54) is 30.9 Å². The van der Waals surface area contributed by atoms with Crippen LogP contribution in [0.1, 0.15) is 23.2 Å². The molecule has 1 saturated heterocycles. The highest BCUT2D eigenvalue weighted by molar-refractivity contribution is 6.66. The maximum atomic E-state index is 12.5. The molecule has 9 nitrogen and oxygen atoms in total. The molecular formula is C22H19B5N6O3. The van der Waals surface area contributed by atoms with Crippen LogP contribution in [0, 0.1) is 0 Å². The van der Waals surface area contributed by atoms with E-state index in [4.69, 9.17) is 48.7 Å². The number of pyridine rings is 2. The van der Waals surface area contributed by atoms with Gasteiger partial charge in [0.1, 0.15) is 21.4 Å². The van der Waals surface area contributed by atoms with Gasteiger partial charge in [-0.3, -0.25) is 9.78 Å². The van der Waals surface area contributed by atoms with Crippen molar-refractivity contribution in [3.63, 3.8) is 0 Å². The molecule has 1 amide bonds. The number of carbonyl (C=O) groups excluding carboxylic acids is 1. The van der Waals surface area contributed by atoms with Crippen molar-refractivity contribution < 1.29 is 14.3 Å². The minimum atomic E-state index is -2.12. The number of hydrogen-bond acceptors (Lipinski definition) is 8. The lowest BCUT2D eigenvalue weighted by Gasteiger charge is -2.42. The fourth-order valence-corrected chi connectivity index (χ4v) is 3.35. The van der Waals surface area contributed by atoms with Gasteiger partial charge < -0.3 is 20.1 Å². The molecule has 4 heterocycles. The zero-order valence-electron chi connectivity index (χ0n) is 19.4. The molecule has 170 valence electrons. The van der Waals surface area contributed by atoms with Crippen LogP contribution in [0.2, 0.25) is 5.11 Å². The second-order valence-electron chi connectivity index (χ2n) is 8.46. The molecule has 0 saturated carbocycles. The first-order valence-electron chi connectivity index (χ1n) is 11.2. The van der Waals surface area contributed by atoms with Crippen molar-refractivity contribution in [1.82, 2.24) is 30.6 Å². The molecule has 1 aliphatic rings. The third-order valence-corrected chi connectivity index (χ3v) is 5.42. The first kappa shape index (κ1) is 25.8. The Morgan fingerprint density at radius 2 is 1.86 bits per heavy atom. The molecular weight excluding hydrogens is 450 g/mol. The number of ether oxygens (including phenoxy) is 2. The summed E-state index contributed by atoms with van der Waals surface area (Å²) in [7, 11) is 28.4. The van der Waals surface area contributed by atoms with Crippen LogP contribution in [0.5, 0.6) is 17.4 Å². The van der Waals surface area contributed by atoms with Gasteiger partial charge in [0.2, 0.25) is 0 Å². The van der Waals surface area contributed by atoms with E-state index in [-0.39, 0.29) is 23.6 Å². The highest BCUT2D eigenvalue weighted by atomic mass is 16.5. The molecule has 0 spiro atoms. The average Bonchev–Trinajstić information content (AvgIpc) is 2.85. The van der Waals surface area contributed by atoms with Crippen molar-refractivity contribution in [3.8, 4) is 28.8 Å². The Balaban J connectivity index is 1.47. The van der Waals surface area contributed by atoms with Crippen LogP contribution < -0.4 is 20.1 Å². The topological polar surface area (TPSA) is 111 Å². The molecule has 1 atom stereocenters. The normalized spacial score (nSPS) is 16.2. The molecule has 10 radical (unpaired) electrons. The van der Waals surface area contributed by atoms with Gasteiger partial charge in [-0.2, -0.15) is 0 Å². The summed E-state index contributed by atoms with van der Waals surface area (Å²) in [4.78, 5) is 29.4. The van der Waals surface area contributed by atoms with Gasteiger partial charge in [0, 0.05) is 48.3 Å². The Labute approximate surface area is 216 Å². The van der Waals surface area contributed by atoms with E-state index in [2.05, 4.69) is 30.6 Å². The lowest BCUT2D eigenvalue weighted by atomic mass is 9.28. The van der Waals surface area contributed by atoms with Gasteiger partial charge in [0.05, 0.1) is 35.3 Å². The first-order chi connectivity index (χ1) is 17.1. The van der Waals surface area contributed by atoms with Crippen LogP contribution in [-0.4, -0.2) is 89.6 Å². The van der Waals surface area contributed by atoms with Crippen molar-refractivity contribution in [3.05, 3.63) is 54.7 Å². The molecule has 14 heteroatoms. The lowest BCUT2D eigenvalue weighted by molar-refractivity contribution is 0.0930. The van der Waals surface area contributed by atoms with Gasteiger partial charge >= 0.3 is 0 Å². The summed E-state index contributed by atoms with van der Waals surface area (Å²) in [5.74, 6) is 0.499. The summed E-state index contributed by atoms with van der Waals surface area (Å²) < 4.78 is 11.3. The summed E-state index contributed by atoms with van der Waals surface area (Å²) in [6.07, 6.45) is 9.37. The number of aromatic nitrogens is 4. The molecule has 0 aromatic carbocycles. The van der Waals surface area contributed by atoms with Crippen LogP contribution >= 0.6 is 0 Å². The molecule has 3 aromatic rings. The number of carbonyl (C=O) groups is 1. The highest BCUT2D eigenvalue weighted by Crippen LogP contribution is 2.35. The standard InChI is InChI=1S/C22H19B5N6O3/c23-21(24,25)22(26,27)36-17-4-2-6-30-20(17)35-16-7-13(8-29-12-16)18-31-9-14(10-32-18)19(34)33-15-3-1-5-28-11-15/h2,4,6-10,12,15,28H,1,3,5,11H2,(H,33,34). The van der Waals surface area contributed by atoms with Crippen LogP contribution in [0.3, 0.4) is 0 Å². The monoisotopic (exact) mass is 470 g/mol. The van der Waals surface area contributed by atoms with Crippen LogP contribution in [0.4, 0.5) is 0 Å². The van der Waals surface area contributed by atoms with Crippen LogP contribution in [0.25, 0.3) is 11.4 Å². The smallest absolute Gasteiger partial charge is 0.262 e. The predicted octanol–water partition coefficient (Wildman–Crippen LogP) is 0.156. The van der Waals surface area contributed by atoms with E-state index in [0.29, 0.717) is 22.7 Å². The van der Waals surface area contributed by atoms with Gasteiger partial charge in [-0.1, -0.05) is 0 Å². The van der Waals surface area contributed by atoms with E-state index in [1.807, 2.05) is 0 Å². The molecule has 4 rings (SSSR count). The zero-order chi connectivity index (χ0) is 25.8. The van der Waals surface area contributed by atoms with E-state index >= 15 is 0 Å². The Morgan fingerprint density at radius 3 is 2.56 bits per heavy atom. The molecule has 0 aliphatic carbocycles. The van der Waals surface area contributed by atoms with Crippen LogP contribution in [0.15, 0.2) is 49.2 Å². The van der Waals surface area contributed by atoms with E-state index < -0.39 is 10.5 Å². The number of rotatable bonds is 8. The van der Waals surface area contributed by atoms with E-state index in [1.54, 1.807) is 18.3 Å². The van der Waals surface area contributed by atoms with Gasteiger partial charge in [-0.25, -0.2) is 15.0 Å². The summed E-state index contributed by atoms with van der Waals surface area (Å²) in [6.45, 7) is 1.71. The number of hydrogen-bond donors (Lipinski definition) is 2. The van der Waals surface area contributed by atoms with Crippen molar-refractivity contribution in [1.29, 1.82) is 0 Å². The van der Waals surface area contributed by atoms with Gasteiger partial charge in [-0.15, -0.1) is 5.11 Å². The number of nitrogens with one attached hydrogen (secondary N) is 2. The van der Waals surface area contributed by atoms with Gasteiger partial charge in [0.25, 0.3) is 11.8 Å². The lowest BCUT2D eigenvalue weighted by Crippen LogP contribution is -2.50. The first-order valence-corrected chi connectivity index (χ1v) is 11.2. The number of nitrogens with zero attached hydrogens (tertiary/aromatic N) is 4. The largest absolute Gasteiger partial charge is 0.503 e. The number of piperidine rings is 1. The molecule has 0 bridgehead atoms. The molecule has 1 unspecified atom stereocenters. The van der Waals surface area contributed by atoms with Crippen molar-refractivity contribution in [2.24, 2.45) is 0 Å². The van der Waals surface area contributed by atoms with E-state index in [9.17, 15) is 4.79 Å². The van der Waals surface area contributed by atoms with E-state index in [0.717, 1.165) is 25.9 Å². The molecule has 2 N–H and O–H groups in total. The predicted molar refractivity (Wildman–Crippen MR) is 138 cm³/mol. The minimum absolute atomic E-state index is 0.0196. The van der Waals surface area contributed by atoms with Crippen molar-refractivity contribution in [2.45, 2.75) is 29.4 Å². The Morgan fingerprint density at radius 1 is 1.08 bits per heavy atom. The Kier molecular flexibility index (Phi) is 7.73. The second kappa shape index (κ2) is 10.8. The molecule has 36 heavy (non-hydrogen) atoms. The average molecular weight is 469 g/mol. The van der Waals surface area contributed by atoms with Gasteiger partial charge in [-0.05, 0) is 37.6 Å². The fourth-order valence-electron chi connectivity index (χ4n) is 3.35. The number of amides is 1. The fraction of sp³-hybridized carbons (Fsp3) is 0.318. The highest BCUT2D eigenvalue weighted by Gasteiger charge is 2.33. The van der Waals surface area contributed by atoms with Gasteiger partial charge in [0.15, 0.2) is 11.6 Å². The molecule has 1 fully saturated rings. The van der Waals surface area contributed by atoms with Crippen LogP contribution in [-0.2, 0) is 0 Å². The van der Waals surface area contributed by atoms with Crippen molar-refractivity contribution >= 4 is 45.1 Å². The Hall–Kier alpha value is -3.27. The summed E-state index contributed by atoms with van der Waals surface area (Å²) in [5, 5.41) is 2.08. The second-order valence-corrected chi connectivity index (χ2v) is 8.46. The maximum Gasteiger partial charge on any atom is 0.262 e. The van der Waals surface area contributed by atoms with Crippen molar-refractivity contribution in [2.75, 3.05) is 13.1 Å². The third kappa shape index (κ3) is 6.29. The summed E-state index contributed by atoms with van der Waals surface area (Å²) in [6, 6.07) is 4.82. The maximum absolute atomic E-state index is 12.5. The quantitative estimate of drug-likeness (QED) is 0.449.